The van der Waals surface area contributed by atoms with Crippen molar-refractivity contribution < 1.29 is 28.2 Å². The lowest BCUT2D eigenvalue weighted by atomic mass is 10.2. The van der Waals surface area contributed by atoms with Crippen molar-refractivity contribution in [2.24, 2.45) is 0 Å². The molecule has 254 valence electrons. The molecule has 6 aromatic carbocycles. The summed E-state index contributed by atoms with van der Waals surface area (Å²) in [5.41, 5.74) is 0.701. The molecule has 7 aromatic rings. The lowest BCUT2D eigenvalue weighted by Crippen LogP contribution is -2.14. The molecule has 0 bridgehead atoms. The van der Waals surface area contributed by atoms with Gasteiger partial charge in [0.1, 0.15) is 23.3 Å². The lowest BCUT2D eigenvalue weighted by molar-refractivity contribution is 0.232. The van der Waals surface area contributed by atoms with E-state index >= 15 is 0 Å². The van der Waals surface area contributed by atoms with Crippen molar-refractivity contribution in [2.45, 2.75) is 0 Å². The van der Waals surface area contributed by atoms with Crippen molar-refractivity contribution in [3.63, 3.8) is 0 Å². The molecule has 7 rings (SSSR count). The predicted molar refractivity (Wildman–Crippen MR) is 198 cm³/mol. The maximum Gasteiger partial charge on any atom is 0.319 e. The van der Waals surface area contributed by atoms with Crippen molar-refractivity contribution in [1.82, 2.24) is 13.0 Å². The van der Waals surface area contributed by atoms with E-state index in [-0.39, 0.29) is 22.8 Å². The number of para-hydroxylation sites is 4. The van der Waals surface area contributed by atoms with E-state index in [1.165, 1.54) is 4.26 Å². The fraction of sp³-hybridized carbons (Fsp3) is 0. The Bertz CT molecular complexity index is 2380. The number of rotatable bonds is 12. The second-order valence-electron chi connectivity index (χ2n) is 10.5. The highest BCUT2D eigenvalue weighted by molar-refractivity contribution is 7.56. The third-order valence-corrected chi connectivity index (χ3v) is 11.6. The standard InChI is InChI=1S/C38H26N5O6P3/c39-27-29-21-24-34(25-22-29)47-43-51(41-50-42(46-33-17-9-3-10-18-33)52(43)48-35-19-11-4-12-20-35)49-36-26-23-30(28-40)37(44-31-13-5-1-6-14-31)38(36)45-32-15-7-2-8-16-32/h1-26H. The van der Waals surface area contributed by atoms with Gasteiger partial charge in [0.05, 0.1) is 17.2 Å². The van der Waals surface area contributed by atoms with E-state index in [1.807, 2.05) is 97.1 Å². The van der Waals surface area contributed by atoms with Gasteiger partial charge in [-0.05, 0) is 89.2 Å². The quantitative estimate of drug-likeness (QED) is 0.120. The molecule has 2 unspecified atom stereocenters. The Morgan fingerprint density at radius 3 is 1.63 bits per heavy atom. The first-order valence-electron chi connectivity index (χ1n) is 15.6. The molecule has 0 fully saturated rings. The summed E-state index contributed by atoms with van der Waals surface area (Å²) in [5.74, 6) is 3.08. The number of hydrogen-bond acceptors (Lipinski definition) is 9. The van der Waals surface area contributed by atoms with Crippen LogP contribution in [-0.4, -0.2) is 13.0 Å². The van der Waals surface area contributed by atoms with E-state index in [0.29, 0.717) is 42.8 Å². The van der Waals surface area contributed by atoms with Crippen LogP contribution in [0.2, 0.25) is 0 Å². The Balaban J connectivity index is 1.40. The van der Waals surface area contributed by atoms with E-state index in [0.717, 1.165) is 0 Å². The molecule has 0 aliphatic heterocycles. The summed E-state index contributed by atoms with van der Waals surface area (Å²) in [6, 6.07) is 51.0. The lowest BCUT2D eigenvalue weighted by Gasteiger charge is -2.22. The first-order valence-corrected chi connectivity index (χ1v) is 18.8. The van der Waals surface area contributed by atoms with Gasteiger partial charge >= 0.3 is 16.2 Å². The zero-order valence-electron chi connectivity index (χ0n) is 27.0. The molecule has 14 heteroatoms. The minimum Gasteiger partial charge on any atom is -0.452 e. The van der Waals surface area contributed by atoms with Gasteiger partial charge in [0.2, 0.25) is 5.75 Å². The molecule has 11 nitrogen and oxygen atoms in total. The van der Waals surface area contributed by atoms with Gasteiger partial charge < -0.3 is 28.2 Å². The van der Waals surface area contributed by atoms with Crippen molar-refractivity contribution in [2.75, 3.05) is 0 Å². The number of ether oxygens (including phenoxy) is 2. The number of aromatic nitrogens is 3. The van der Waals surface area contributed by atoms with Crippen molar-refractivity contribution in [3.8, 4) is 58.1 Å². The Morgan fingerprint density at radius 1 is 0.519 bits per heavy atom. The van der Waals surface area contributed by atoms with Gasteiger partial charge in [-0.2, -0.15) is 10.5 Å². The van der Waals surface area contributed by atoms with Crippen LogP contribution < -0.4 is 28.2 Å². The average Bonchev–Trinajstić information content (AvgIpc) is 3.20. The van der Waals surface area contributed by atoms with Gasteiger partial charge in [-0.25, -0.2) is 0 Å². The minimum absolute atomic E-state index is 0.163. The van der Waals surface area contributed by atoms with Crippen LogP contribution in [0.3, 0.4) is 0 Å². The van der Waals surface area contributed by atoms with Crippen molar-refractivity contribution in [3.05, 3.63) is 169 Å². The molecule has 1 heterocycles. The van der Waals surface area contributed by atoms with Crippen molar-refractivity contribution in [1.29, 1.82) is 10.5 Å². The molecule has 0 saturated heterocycles. The van der Waals surface area contributed by atoms with Gasteiger partial charge in [0.25, 0.3) is 0 Å². The van der Waals surface area contributed by atoms with Crippen LogP contribution in [0, 0.1) is 22.7 Å². The number of nitriles is 2. The smallest absolute Gasteiger partial charge is 0.319 e. The summed E-state index contributed by atoms with van der Waals surface area (Å²) in [4.78, 5) is 12.8. The largest absolute Gasteiger partial charge is 0.452 e. The zero-order chi connectivity index (χ0) is 35.5. The molecule has 0 amide bonds. The Morgan fingerprint density at radius 2 is 1.06 bits per heavy atom. The number of nitrogens with zero attached hydrogens (tertiary/aromatic N) is 5. The molecule has 52 heavy (non-hydrogen) atoms. The third-order valence-electron chi connectivity index (χ3n) is 6.97. The fourth-order valence-corrected chi connectivity index (χ4v) is 9.51. The maximum atomic E-state index is 10.1. The topological polar surface area (TPSA) is 126 Å². The Hall–Kier alpha value is -6.60. The van der Waals surface area contributed by atoms with E-state index < -0.39 is 16.2 Å². The van der Waals surface area contributed by atoms with Crippen molar-refractivity contribution >= 4 is 24.7 Å². The monoisotopic (exact) mass is 741 g/mol. The van der Waals surface area contributed by atoms with Gasteiger partial charge in [-0.1, -0.05) is 77.1 Å². The second-order valence-corrected chi connectivity index (χ2v) is 14.9. The molecule has 0 spiro atoms. The molecule has 1 aromatic heterocycles. The average molecular weight is 742 g/mol. The third kappa shape index (κ3) is 8.22. The molecule has 2 atom stereocenters. The molecule has 0 radical (unpaired) electrons. The second kappa shape index (κ2) is 16.4. The van der Waals surface area contributed by atoms with E-state index in [2.05, 4.69) is 12.1 Å². The first kappa shape index (κ1) is 33.9. The van der Waals surface area contributed by atoms with Crippen LogP contribution in [0.25, 0.3) is 0 Å². The van der Waals surface area contributed by atoms with Gasteiger partial charge in [0, 0.05) is 0 Å². The normalized spacial score (nSPS) is 11.1. The minimum atomic E-state index is -2.04. The van der Waals surface area contributed by atoms with Crippen LogP contribution in [0.15, 0.2) is 158 Å². The summed E-state index contributed by atoms with van der Waals surface area (Å²) < 4.78 is 33.9. The van der Waals surface area contributed by atoms with Crippen LogP contribution in [0.5, 0.6) is 46.0 Å². The van der Waals surface area contributed by atoms with Crippen LogP contribution in [-0.2, 0) is 0 Å². The summed E-state index contributed by atoms with van der Waals surface area (Å²) in [7, 11) is -3.62. The summed E-state index contributed by atoms with van der Waals surface area (Å²) in [6.07, 6.45) is 0. The molecule has 0 aliphatic carbocycles. The number of hydrogen-bond donors (Lipinski definition) is 0. The van der Waals surface area contributed by atoms with Crippen LogP contribution >= 0.6 is 24.7 Å². The Labute approximate surface area is 302 Å². The molecule has 0 aliphatic rings. The zero-order valence-corrected chi connectivity index (χ0v) is 29.7. The highest BCUT2D eigenvalue weighted by Gasteiger charge is 2.25. The summed E-state index contributed by atoms with van der Waals surface area (Å²) >= 11 is 0. The molecular formula is C38H26N5O6P3. The highest BCUT2D eigenvalue weighted by Crippen LogP contribution is 2.49. The van der Waals surface area contributed by atoms with Gasteiger partial charge in [-0.3, -0.25) is 0 Å². The number of benzene rings is 6. The highest BCUT2D eigenvalue weighted by atomic mass is 31.2. The molecular weight excluding hydrogens is 715 g/mol. The van der Waals surface area contributed by atoms with Crippen LogP contribution in [0.1, 0.15) is 11.1 Å². The Kier molecular flexibility index (Phi) is 10.7. The maximum absolute atomic E-state index is 10.1. The van der Waals surface area contributed by atoms with E-state index in [4.69, 9.17) is 32.7 Å². The summed E-state index contributed by atoms with van der Waals surface area (Å²) in [6.45, 7) is 0. The fourth-order valence-electron chi connectivity index (χ4n) is 4.55. The van der Waals surface area contributed by atoms with E-state index in [1.54, 1.807) is 64.9 Å². The molecule has 0 saturated carbocycles. The van der Waals surface area contributed by atoms with Gasteiger partial charge in [-0.15, -0.1) is 4.51 Å². The van der Waals surface area contributed by atoms with Crippen LogP contribution in [0.4, 0.5) is 0 Å². The summed E-state index contributed by atoms with van der Waals surface area (Å²) in [5, 5.41) is 19.5. The molecule has 0 N–H and O–H groups in total. The predicted octanol–water partition coefficient (Wildman–Crippen LogP) is 11.1. The SMILES string of the molecule is N#Cc1ccc(On2p(Oc3ccc(C#N)c(Oc4ccccc4)c3Oc3ccccc3)npn(Oc3ccccc3)p2Oc2ccccc2)cc1. The van der Waals surface area contributed by atoms with E-state index in [9.17, 15) is 10.5 Å². The first-order chi connectivity index (χ1) is 25.7. The van der Waals surface area contributed by atoms with Gasteiger partial charge in [0.15, 0.2) is 31.5 Å².